The van der Waals surface area contributed by atoms with Crippen molar-refractivity contribution < 1.29 is 4.39 Å². The highest BCUT2D eigenvalue weighted by atomic mass is 19.1. The Bertz CT molecular complexity index is 462. The molecule has 1 heterocycles. The van der Waals surface area contributed by atoms with Crippen molar-refractivity contribution in [2.75, 3.05) is 24.5 Å². The lowest BCUT2D eigenvalue weighted by molar-refractivity contribution is 0.494. The van der Waals surface area contributed by atoms with Crippen LogP contribution in [0, 0.1) is 17.7 Å². The van der Waals surface area contributed by atoms with Gasteiger partial charge in [-0.1, -0.05) is 19.4 Å². The first-order chi connectivity index (χ1) is 9.69. The average molecular weight is 276 g/mol. The van der Waals surface area contributed by atoms with Crippen molar-refractivity contribution in [1.29, 1.82) is 0 Å². The molecule has 3 unspecified atom stereocenters. The minimum Gasteiger partial charge on any atom is -0.369 e. The fraction of sp³-hybridized carbons (Fsp3) is 0.647. The summed E-state index contributed by atoms with van der Waals surface area (Å²) in [5, 5.41) is 3.33. The van der Waals surface area contributed by atoms with Gasteiger partial charge in [0.25, 0.3) is 0 Å². The predicted octanol–water partition coefficient (Wildman–Crippen LogP) is 3.73. The van der Waals surface area contributed by atoms with Gasteiger partial charge in [0.15, 0.2) is 0 Å². The van der Waals surface area contributed by atoms with E-state index in [2.05, 4.69) is 30.1 Å². The number of rotatable bonds is 4. The van der Waals surface area contributed by atoms with Gasteiger partial charge >= 0.3 is 0 Å². The second-order valence-electron chi connectivity index (χ2n) is 6.35. The number of hydrogen-bond acceptors (Lipinski definition) is 2. The minimum atomic E-state index is -0.0628. The van der Waals surface area contributed by atoms with Crippen LogP contribution in [-0.2, 0) is 0 Å². The molecule has 1 saturated heterocycles. The Morgan fingerprint density at radius 2 is 2.00 bits per heavy atom. The van der Waals surface area contributed by atoms with Crippen molar-refractivity contribution in [2.24, 2.45) is 11.8 Å². The van der Waals surface area contributed by atoms with Gasteiger partial charge < -0.3 is 10.2 Å². The summed E-state index contributed by atoms with van der Waals surface area (Å²) < 4.78 is 14.4. The maximum atomic E-state index is 14.4. The Balaban J connectivity index is 1.74. The van der Waals surface area contributed by atoms with Crippen LogP contribution in [0.25, 0.3) is 0 Å². The average Bonchev–Trinajstić information content (AvgIpc) is 2.99. The molecule has 1 aliphatic carbocycles. The number of anilines is 1. The summed E-state index contributed by atoms with van der Waals surface area (Å²) in [5.74, 6) is 1.54. The molecule has 1 saturated carbocycles. The van der Waals surface area contributed by atoms with Crippen molar-refractivity contribution in [2.45, 2.75) is 39.2 Å². The zero-order valence-corrected chi connectivity index (χ0v) is 12.5. The van der Waals surface area contributed by atoms with Crippen LogP contribution < -0.4 is 10.2 Å². The van der Waals surface area contributed by atoms with E-state index in [4.69, 9.17) is 0 Å². The van der Waals surface area contributed by atoms with Crippen molar-refractivity contribution >= 4 is 5.69 Å². The summed E-state index contributed by atoms with van der Waals surface area (Å²) in [7, 11) is 0. The van der Waals surface area contributed by atoms with Crippen LogP contribution in [0.1, 0.15) is 44.7 Å². The van der Waals surface area contributed by atoms with Gasteiger partial charge in [-0.3, -0.25) is 0 Å². The molecule has 3 heteroatoms. The van der Waals surface area contributed by atoms with E-state index in [0.29, 0.717) is 0 Å². The molecule has 0 amide bonds. The standard InChI is InChI=1S/C17H25FN2/c1-3-19-12(2)13-7-8-17(16(18)9-13)20-10-14-5-4-6-15(14)11-20/h7-9,12,14-15,19H,3-6,10-11H2,1-2H3. The minimum absolute atomic E-state index is 0.0628. The zero-order valence-electron chi connectivity index (χ0n) is 12.5. The summed E-state index contributed by atoms with van der Waals surface area (Å²) in [6.45, 7) is 7.15. The van der Waals surface area contributed by atoms with E-state index in [0.717, 1.165) is 42.7 Å². The Hall–Kier alpha value is -1.09. The number of nitrogens with zero attached hydrogens (tertiary/aromatic N) is 1. The number of fused-ring (bicyclic) bond motifs is 1. The molecule has 20 heavy (non-hydrogen) atoms. The lowest BCUT2D eigenvalue weighted by atomic mass is 10.0. The molecular formula is C17H25FN2. The van der Waals surface area contributed by atoms with E-state index in [-0.39, 0.29) is 11.9 Å². The monoisotopic (exact) mass is 276 g/mol. The number of benzene rings is 1. The molecule has 0 radical (unpaired) electrons. The summed E-state index contributed by atoms with van der Waals surface area (Å²) in [6.07, 6.45) is 4.03. The van der Waals surface area contributed by atoms with Crippen LogP contribution in [0.4, 0.5) is 10.1 Å². The first kappa shape index (κ1) is 13.9. The Morgan fingerprint density at radius 3 is 2.60 bits per heavy atom. The summed E-state index contributed by atoms with van der Waals surface area (Å²) >= 11 is 0. The molecule has 1 aliphatic heterocycles. The van der Waals surface area contributed by atoms with Gasteiger partial charge in [-0.05, 0) is 55.8 Å². The Morgan fingerprint density at radius 1 is 1.30 bits per heavy atom. The predicted molar refractivity (Wildman–Crippen MR) is 81.5 cm³/mol. The molecule has 2 nitrogen and oxygen atoms in total. The number of halogens is 1. The van der Waals surface area contributed by atoms with Crippen molar-refractivity contribution in [3.05, 3.63) is 29.6 Å². The third-order valence-electron chi connectivity index (χ3n) is 5.05. The van der Waals surface area contributed by atoms with E-state index in [1.165, 1.54) is 19.3 Å². The van der Waals surface area contributed by atoms with E-state index < -0.39 is 0 Å². The van der Waals surface area contributed by atoms with Gasteiger partial charge in [0, 0.05) is 19.1 Å². The highest BCUT2D eigenvalue weighted by Crippen LogP contribution is 2.40. The fourth-order valence-corrected chi connectivity index (χ4v) is 3.90. The molecular weight excluding hydrogens is 251 g/mol. The summed E-state index contributed by atoms with van der Waals surface area (Å²) in [5.41, 5.74) is 1.83. The molecule has 3 atom stereocenters. The number of nitrogens with one attached hydrogen (secondary N) is 1. The molecule has 3 rings (SSSR count). The molecule has 0 spiro atoms. The lowest BCUT2D eigenvalue weighted by Crippen LogP contribution is -2.22. The van der Waals surface area contributed by atoms with Crippen LogP contribution in [0.2, 0.25) is 0 Å². The van der Waals surface area contributed by atoms with E-state index >= 15 is 0 Å². The van der Waals surface area contributed by atoms with Crippen molar-refractivity contribution in [3.63, 3.8) is 0 Å². The van der Waals surface area contributed by atoms with Gasteiger partial charge in [0.1, 0.15) is 5.82 Å². The van der Waals surface area contributed by atoms with Crippen molar-refractivity contribution in [1.82, 2.24) is 5.32 Å². The summed E-state index contributed by atoms with van der Waals surface area (Å²) in [6, 6.07) is 5.96. The highest BCUT2D eigenvalue weighted by Gasteiger charge is 2.36. The highest BCUT2D eigenvalue weighted by molar-refractivity contribution is 5.50. The zero-order chi connectivity index (χ0) is 14.1. The third-order valence-corrected chi connectivity index (χ3v) is 5.05. The topological polar surface area (TPSA) is 15.3 Å². The van der Waals surface area contributed by atoms with Gasteiger partial charge in [-0.25, -0.2) is 4.39 Å². The maximum Gasteiger partial charge on any atom is 0.146 e. The molecule has 1 aromatic carbocycles. The largest absolute Gasteiger partial charge is 0.369 e. The molecule has 2 fully saturated rings. The Kier molecular flexibility index (Phi) is 3.97. The van der Waals surface area contributed by atoms with Crippen LogP contribution >= 0.6 is 0 Å². The number of hydrogen-bond donors (Lipinski definition) is 1. The Labute approximate surface area is 121 Å². The van der Waals surface area contributed by atoms with Crippen molar-refractivity contribution in [3.8, 4) is 0 Å². The van der Waals surface area contributed by atoms with Gasteiger partial charge in [-0.15, -0.1) is 0 Å². The second kappa shape index (κ2) is 5.72. The van der Waals surface area contributed by atoms with Crippen LogP contribution in [0.3, 0.4) is 0 Å². The van der Waals surface area contributed by atoms with Crippen LogP contribution in [0.5, 0.6) is 0 Å². The first-order valence-corrected chi connectivity index (χ1v) is 7.96. The summed E-state index contributed by atoms with van der Waals surface area (Å²) in [4.78, 5) is 2.26. The van der Waals surface area contributed by atoms with Crippen LogP contribution in [0.15, 0.2) is 18.2 Å². The SMILES string of the molecule is CCNC(C)c1ccc(N2CC3CCCC3C2)c(F)c1. The third kappa shape index (κ3) is 2.56. The molecule has 1 aromatic rings. The molecule has 2 aliphatic rings. The normalized spacial score (nSPS) is 26.9. The molecule has 110 valence electrons. The first-order valence-electron chi connectivity index (χ1n) is 7.96. The van der Waals surface area contributed by atoms with Gasteiger partial charge in [-0.2, -0.15) is 0 Å². The second-order valence-corrected chi connectivity index (χ2v) is 6.35. The fourth-order valence-electron chi connectivity index (χ4n) is 3.90. The van der Waals surface area contributed by atoms with E-state index in [1.54, 1.807) is 6.07 Å². The quantitative estimate of drug-likeness (QED) is 0.901. The van der Waals surface area contributed by atoms with E-state index in [9.17, 15) is 4.39 Å². The maximum absolute atomic E-state index is 14.4. The van der Waals surface area contributed by atoms with Crippen LogP contribution in [-0.4, -0.2) is 19.6 Å². The molecule has 0 aromatic heterocycles. The lowest BCUT2D eigenvalue weighted by Gasteiger charge is -2.22. The van der Waals surface area contributed by atoms with Gasteiger partial charge in [0.05, 0.1) is 5.69 Å². The smallest absolute Gasteiger partial charge is 0.146 e. The molecule has 1 N–H and O–H groups in total. The van der Waals surface area contributed by atoms with Gasteiger partial charge in [0.2, 0.25) is 0 Å². The van der Waals surface area contributed by atoms with E-state index in [1.807, 2.05) is 6.07 Å². The molecule has 0 bridgehead atoms.